The first-order chi connectivity index (χ1) is 18.0. The lowest BCUT2D eigenvalue weighted by Gasteiger charge is -2.17. The summed E-state index contributed by atoms with van der Waals surface area (Å²) in [4.78, 5) is 11.3. The summed E-state index contributed by atoms with van der Waals surface area (Å²) in [7, 11) is 1.30. The molecule has 38 heavy (non-hydrogen) atoms. The van der Waals surface area contributed by atoms with Crippen LogP contribution in [-0.2, 0) is 15.7 Å². The van der Waals surface area contributed by atoms with Crippen molar-refractivity contribution in [3.63, 3.8) is 0 Å². The quantitative estimate of drug-likeness (QED) is 0.159. The molecule has 0 aliphatic carbocycles. The standard InChI is InChI=1S/C28H31F3O7/c1-17(2)27(34)37-13-5-7-24(33)23(32)6-4-12-36-20-9-8-18-14-26(38-25(18)16-20)21-11-10-19(35-3)15-22(21)28(29,30)31/h8-11,14-16,23-24,32-33H,1,4-7,12-13H2,2-3H3. The van der Waals surface area contributed by atoms with Crippen molar-refractivity contribution in [2.75, 3.05) is 20.3 Å². The van der Waals surface area contributed by atoms with Gasteiger partial charge in [0.2, 0.25) is 0 Å². The number of hydrogen-bond donors (Lipinski definition) is 2. The fourth-order valence-electron chi connectivity index (χ4n) is 3.78. The molecule has 0 aliphatic heterocycles. The third kappa shape index (κ3) is 7.75. The van der Waals surface area contributed by atoms with Crippen molar-refractivity contribution in [3.05, 3.63) is 60.2 Å². The van der Waals surface area contributed by atoms with Gasteiger partial charge in [0.15, 0.2) is 0 Å². The minimum absolute atomic E-state index is 0.0682. The molecule has 0 radical (unpaired) electrons. The van der Waals surface area contributed by atoms with Gasteiger partial charge in [-0.05, 0) is 69.0 Å². The summed E-state index contributed by atoms with van der Waals surface area (Å²) in [5.74, 6) is 0.125. The molecule has 0 amide bonds. The lowest BCUT2D eigenvalue weighted by atomic mass is 10.0. The van der Waals surface area contributed by atoms with Crippen molar-refractivity contribution in [2.45, 2.75) is 51.0 Å². The first-order valence-corrected chi connectivity index (χ1v) is 12.1. The second kappa shape index (κ2) is 12.8. The molecular weight excluding hydrogens is 505 g/mol. The Kier molecular flexibility index (Phi) is 9.82. The number of rotatable bonds is 13. The number of esters is 1. The molecule has 0 fully saturated rings. The molecule has 2 atom stereocenters. The van der Waals surface area contributed by atoms with Crippen LogP contribution in [0.4, 0.5) is 13.2 Å². The van der Waals surface area contributed by atoms with Gasteiger partial charge in [0, 0.05) is 22.6 Å². The maximum atomic E-state index is 13.6. The van der Waals surface area contributed by atoms with Gasteiger partial charge in [-0.2, -0.15) is 13.2 Å². The first-order valence-electron chi connectivity index (χ1n) is 12.1. The third-order valence-electron chi connectivity index (χ3n) is 5.87. The summed E-state index contributed by atoms with van der Waals surface area (Å²) in [6, 6.07) is 10.2. The average Bonchev–Trinajstić information content (AvgIpc) is 3.31. The Morgan fingerprint density at radius 1 is 1.00 bits per heavy atom. The van der Waals surface area contributed by atoms with Gasteiger partial charge in [0.1, 0.15) is 22.8 Å². The van der Waals surface area contributed by atoms with E-state index in [2.05, 4.69) is 6.58 Å². The highest BCUT2D eigenvalue weighted by Crippen LogP contribution is 2.41. The lowest BCUT2D eigenvalue weighted by molar-refractivity contribution is -0.139. The SMILES string of the molecule is C=C(C)C(=O)OCCCC(O)C(O)CCCOc1ccc2cc(-c3ccc(OC)cc3C(F)(F)F)oc2c1. The van der Waals surface area contributed by atoms with Crippen LogP contribution in [0.1, 0.15) is 38.2 Å². The minimum atomic E-state index is -4.59. The Balaban J connectivity index is 1.53. The van der Waals surface area contributed by atoms with Crippen molar-refractivity contribution < 1.29 is 46.8 Å². The zero-order chi connectivity index (χ0) is 27.9. The van der Waals surface area contributed by atoms with Gasteiger partial charge in [-0.15, -0.1) is 0 Å². The number of carbonyl (C=O) groups excluding carboxylic acids is 1. The van der Waals surface area contributed by atoms with Gasteiger partial charge in [-0.25, -0.2) is 4.79 Å². The summed E-state index contributed by atoms with van der Waals surface area (Å²) in [6.07, 6.45) is -5.10. The molecule has 0 aliphatic rings. The van der Waals surface area contributed by atoms with E-state index in [0.717, 1.165) is 6.07 Å². The number of halogens is 3. The van der Waals surface area contributed by atoms with Crippen LogP contribution < -0.4 is 9.47 Å². The van der Waals surface area contributed by atoms with Crippen molar-refractivity contribution in [1.29, 1.82) is 0 Å². The predicted octanol–water partition coefficient (Wildman–Crippen LogP) is 5.91. The molecule has 10 heteroatoms. The molecule has 0 saturated carbocycles. The second-order valence-electron chi connectivity index (χ2n) is 8.90. The maximum Gasteiger partial charge on any atom is 0.417 e. The highest BCUT2D eigenvalue weighted by atomic mass is 19.4. The van der Waals surface area contributed by atoms with Crippen molar-refractivity contribution >= 4 is 16.9 Å². The average molecular weight is 537 g/mol. The molecule has 3 aromatic rings. The van der Waals surface area contributed by atoms with E-state index < -0.39 is 29.9 Å². The molecule has 7 nitrogen and oxygen atoms in total. The molecule has 1 aromatic heterocycles. The Labute approximate surface area is 218 Å². The largest absolute Gasteiger partial charge is 0.497 e. The van der Waals surface area contributed by atoms with Gasteiger partial charge < -0.3 is 28.8 Å². The molecule has 206 valence electrons. The molecule has 0 bridgehead atoms. The minimum Gasteiger partial charge on any atom is -0.497 e. The van der Waals surface area contributed by atoms with Crippen molar-refractivity contribution in [2.24, 2.45) is 0 Å². The smallest absolute Gasteiger partial charge is 0.417 e. The van der Waals surface area contributed by atoms with Crippen LogP contribution in [-0.4, -0.2) is 48.7 Å². The number of fused-ring (bicyclic) bond motifs is 1. The highest BCUT2D eigenvalue weighted by molar-refractivity contribution is 5.87. The number of aliphatic hydroxyl groups excluding tert-OH is 2. The first kappa shape index (κ1) is 29.1. The highest BCUT2D eigenvalue weighted by Gasteiger charge is 2.35. The van der Waals surface area contributed by atoms with E-state index >= 15 is 0 Å². The van der Waals surface area contributed by atoms with E-state index in [-0.39, 0.29) is 43.1 Å². The van der Waals surface area contributed by atoms with Gasteiger partial charge in [0.05, 0.1) is 38.1 Å². The fourth-order valence-corrected chi connectivity index (χ4v) is 3.78. The van der Waals surface area contributed by atoms with Crippen LogP contribution >= 0.6 is 0 Å². The van der Waals surface area contributed by atoms with E-state index in [1.807, 2.05) is 0 Å². The molecular formula is C28H31F3O7. The third-order valence-corrected chi connectivity index (χ3v) is 5.87. The number of ether oxygens (including phenoxy) is 3. The van der Waals surface area contributed by atoms with Gasteiger partial charge in [-0.1, -0.05) is 6.58 Å². The number of benzene rings is 2. The van der Waals surface area contributed by atoms with Crippen LogP contribution in [0.2, 0.25) is 0 Å². The topological polar surface area (TPSA) is 98.4 Å². The maximum absolute atomic E-state index is 13.6. The monoisotopic (exact) mass is 536 g/mol. The summed E-state index contributed by atoms with van der Waals surface area (Å²) < 4.78 is 62.1. The van der Waals surface area contributed by atoms with E-state index in [4.69, 9.17) is 18.6 Å². The Bertz CT molecular complexity index is 1250. The van der Waals surface area contributed by atoms with Crippen LogP contribution in [0.15, 0.2) is 59.0 Å². The summed E-state index contributed by atoms with van der Waals surface area (Å²) >= 11 is 0. The Morgan fingerprint density at radius 3 is 2.29 bits per heavy atom. The van der Waals surface area contributed by atoms with E-state index in [1.165, 1.54) is 25.3 Å². The number of hydrogen-bond acceptors (Lipinski definition) is 7. The van der Waals surface area contributed by atoms with Crippen LogP contribution in [0.3, 0.4) is 0 Å². The summed E-state index contributed by atoms with van der Waals surface area (Å²) in [6.45, 7) is 5.40. The molecule has 0 spiro atoms. The Morgan fingerprint density at radius 2 is 1.66 bits per heavy atom. The normalized spacial score (nSPS) is 13.2. The molecule has 3 rings (SSSR count). The molecule has 2 unspecified atom stereocenters. The second-order valence-corrected chi connectivity index (χ2v) is 8.90. The lowest BCUT2D eigenvalue weighted by Crippen LogP contribution is -2.26. The number of aliphatic hydroxyl groups is 2. The van der Waals surface area contributed by atoms with Crippen LogP contribution in [0.25, 0.3) is 22.3 Å². The number of methoxy groups -OCH3 is 1. The number of alkyl halides is 3. The van der Waals surface area contributed by atoms with Gasteiger partial charge >= 0.3 is 12.1 Å². The van der Waals surface area contributed by atoms with Gasteiger partial charge in [0.25, 0.3) is 0 Å². The zero-order valence-corrected chi connectivity index (χ0v) is 21.2. The number of carbonyl (C=O) groups is 1. The molecule has 0 saturated heterocycles. The fraction of sp³-hybridized carbons (Fsp3) is 0.393. The van der Waals surface area contributed by atoms with E-state index in [9.17, 15) is 28.2 Å². The molecule has 2 aromatic carbocycles. The summed E-state index contributed by atoms with van der Waals surface area (Å²) in [5.41, 5.74) is -0.297. The van der Waals surface area contributed by atoms with Crippen molar-refractivity contribution in [3.8, 4) is 22.8 Å². The molecule has 2 N–H and O–H groups in total. The van der Waals surface area contributed by atoms with Crippen LogP contribution in [0, 0.1) is 0 Å². The van der Waals surface area contributed by atoms with Crippen molar-refractivity contribution in [1.82, 2.24) is 0 Å². The zero-order valence-electron chi connectivity index (χ0n) is 21.2. The van der Waals surface area contributed by atoms with E-state index in [1.54, 1.807) is 25.1 Å². The van der Waals surface area contributed by atoms with Crippen LogP contribution in [0.5, 0.6) is 11.5 Å². The Hall–Kier alpha value is -3.50. The predicted molar refractivity (Wildman–Crippen MR) is 135 cm³/mol. The number of furan rings is 1. The molecule has 1 heterocycles. The van der Waals surface area contributed by atoms with Gasteiger partial charge in [-0.3, -0.25) is 0 Å². The van der Waals surface area contributed by atoms with E-state index in [0.29, 0.717) is 35.1 Å². The summed E-state index contributed by atoms with van der Waals surface area (Å²) in [5, 5.41) is 20.8.